The van der Waals surface area contributed by atoms with Crippen molar-refractivity contribution in [3.63, 3.8) is 0 Å². The molecule has 4 nitrogen and oxygen atoms in total. The molecule has 1 unspecified atom stereocenters. The summed E-state index contributed by atoms with van der Waals surface area (Å²) in [6.45, 7) is -0.123. The smallest absolute Gasteiger partial charge is 0.197 e. The van der Waals surface area contributed by atoms with E-state index < -0.39 is 5.82 Å². The van der Waals surface area contributed by atoms with Gasteiger partial charge in [-0.3, -0.25) is 4.79 Å². The average molecular weight is 313 g/mol. The standard InChI is InChI=1S/C15H17FN2O2.ClH/c1-18-8-10(6-12(18)7-11(17)9-19)15(20)13-4-2-3-5-14(13)16;/h2-6,8,11,19H,7,9,17H2,1H3;1H. The maximum Gasteiger partial charge on any atom is 0.197 e. The molecule has 2 rings (SSSR count). The number of aryl methyl sites for hydroxylation is 1. The third kappa shape index (κ3) is 3.91. The number of hydrogen-bond donors (Lipinski definition) is 2. The number of nitrogens with two attached hydrogens (primary N) is 1. The number of aliphatic hydroxyl groups excluding tert-OH is 1. The minimum atomic E-state index is -0.532. The molecular weight excluding hydrogens is 295 g/mol. The van der Waals surface area contributed by atoms with Crippen molar-refractivity contribution in [2.75, 3.05) is 6.61 Å². The minimum Gasteiger partial charge on any atom is -0.395 e. The molecule has 0 amide bonds. The number of halogens is 2. The fourth-order valence-electron chi connectivity index (χ4n) is 2.07. The zero-order valence-corrected chi connectivity index (χ0v) is 12.4. The highest BCUT2D eigenvalue weighted by Crippen LogP contribution is 2.16. The summed E-state index contributed by atoms with van der Waals surface area (Å²) in [4.78, 5) is 12.3. The largest absolute Gasteiger partial charge is 0.395 e. The Morgan fingerprint density at radius 3 is 2.71 bits per heavy atom. The van der Waals surface area contributed by atoms with Crippen molar-refractivity contribution < 1.29 is 14.3 Å². The van der Waals surface area contributed by atoms with E-state index in [0.717, 1.165) is 5.69 Å². The van der Waals surface area contributed by atoms with Crippen molar-refractivity contribution in [2.24, 2.45) is 12.8 Å². The lowest BCUT2D eigenvalue weighted by atomic mass is 10.0. The molecule has 0 radical (unpaired) electrons. The number of hydrogen-bond acceptors (Lipinski definition) is 3. The van der Waals surface area contributed by atoms with Gasteiger partial charge in [-0.05, 0) is 18.2 Å². The predicted octanol–water partition coefficient (Wildman–Crippen LogP) is 1.68. The highest BCUT2D eigenvalue weighted by atomic mass is 35.5. The molecule has 2 aromatic rings. The van der Waals surface area contributed by atoms with E-state index in [-0.39, 0.29) is 36.4 Å². The van der Waals surface area contributed by atoms with E-state index in [1.54, 1.807) is 36.0 Å². The maximum atomic E-state index is 13.6. The van der Waals surface area contributed by atoms with Gasteiger partial charge < -0.3 is 15.4 Å². The van der Waals surface area contributed by atoms with Gasteiger partial charge in [-0.1, -0.05) is 12.1 Å². The van der Waals surface area contributed by atoms with Crippen molar-refractivity contribution >= 4 is 18.2 Å². The zero-order valence-electron chi connectivity index (χ0n) is 11.6. The molecule has 0 aliphatic carbocycles. The van der Waals surface area contributed by atoms with Crippen LogP contribution in [0.25, 0.3) is 0 Å². The number of benzene rings is 1. The molecule has 0 fully saturated rings. The molecule has 0 aliphatic heterocycles. The van der Waals surface area contributed by atoms with Gasteiger partial charge in [0, 0.05) is 37.0 Å². The molecule has 0 saturated carbocycles. The second-order valence-electron chi connectivity index (χ2n) is 4.79. The van der Waals surface area contributed by atoms with Crippen molar-refractivity contribution in [2.45, 2.75) is 12.5 Å². The molecule has 3 N–H and O–H groups in total. The van der Waals surface area contributed by atoms with Gasteiger partial charge in [-0.2, -0.15) is 0 Å². The van der Waals surface area contributed by atoms with E-state index in [4.69, 9.17) is 10.8 Å². The summed E-state index contributed by atoms with van der Waals surface area (Å²) in [6.07, 6.45) is 2.10. The van der Waals surface area contributed by atoms with Crippen LogP contribution in [-0.2, 0) is 13.5 Å². The number of carbonyl (C=O) groups is 1. The van der Waals surface area contributed by atoms with Crippen LogP contribution in [0.1, 0.15) is 21.6 Å². The Kier molecular flexibility index (Phi) is 6.08. The molecule has 1 aromatic heterocycles. The first-order chi connectivity index (χ1) is 9.52. The zero-order chi connectivity index (χ0) is 14.7. The molecule has 0 saturated heterocycles. The quantitative estimate of drug-likeness (QED) is 0.825. The van der Waals surface area contributed by atoms with Crippen molar-refractivity contribution in [1.82, 2.24) is 4.57 Å². The molecule has 6 heteroatoms. The highest BCUT2D eigenvalue weighted by molar-refractivity contribution is 6.09. The molecule has 0 bridgehead atoms. The Morgan fingerprint density at radius 2 is 2.10 bits per heavy atom. The van der Waals surface area contributed by atoms with Gasteiger partial charge in [-0.15, -0.1) is 12.4 Å². The minimum absolute atomic E-state index is 0. The summed E-state index contributed by atoms with van der Waals surface area (Å²) in [5.41, 5.74) is 6.98. The second kappa shape index (κ2) is 7.36. The normalized spacial score (nSPS) is 11.8. The molecule has 1 atom stereocenters. The summed E-state index contributed by atoms with van der Waals surface area (Å²) < 4.78 is 15.4. The van der Waals surface area contributed by atoms with Gasteiger partial charge in [0.15, 0.2) is 5.78 Å². The Balaban J connectivity index is 0.00000220. The van der Waals surface area contributed by atoms with E-state index in [1.807, 2.05) is 0 Å². The van der Waals surface area contributed by atoms with Crippen LogP contribution in [0.3, 0.4) is 0 Å². The van der Waals surface area contributed by atoms with Crippen LogP contribution in [0.5, 0.6) is 0 Å². The number of rotatable bonds is 5. The van der Waals surface area contributed by atoms with Crippen LogP contribution in [-0.4, -0.2) is 28.1 Å². The number of carbonyl (C=O) groups excluding carboxylic acids is 1. The summed E-state index contributed by atoms with van der Waals surface area (Å²) in [5, 5.41) is 8.97. The van der Waals surface area contributed by atoms with Crippen molar-refractivity contribution in [3.8, 4) is 0 Å². The maximum absolute atomic E-state index is 13.6. The Bertz CT molecular complexity index is 628. The van der Waals surface area contributed by atoms with Crippen molar-refractivity contribution in [1.29, 1.82) is 0 Å². The molecule has 1 aromatic carbocycles. The van der Waals surface area contributed by atoms with Crippen LogP contribution in [0.4, 0.5) is 4.39 Å². The lowest BCUT2D eigenvalue weighted by molar-refractivity contribution is 0.103. The fourth-order valence-corrected chi connectivity index (χ4v) is 2.07. The number of aromatic nitrogens is 1. The van der Waals surface area contributed by atoms with E-state index in [2.05, 4.69) is 0 Å². The van der Waals surface area contributed by atoms with Crippen molar-refractivity contribution in [3.05, 3.63) is 59.2 Å². The monoisotopic (exact) mass is 312 g/mol. The average Bonchev–Trinajstić information content (AvgIpc) is 2.80. The van der Waals surface area contributed by atoms with Crippen LogP contribution in [0.2, 0.25) is 0 Å². The van der Waals surface area contributed by atoms with Gasteiger partial charge in [-0.25, -0.2) is 4.39 Å². The summed E-state index contributed by atoms with van der Waals surface area (Å²) >= 11 is 0. The topological polar surface area (TPSA) is 68.2 Å². The van der Waals surface area contributed by atoms with Crippen LogP contribution >= 0.6 is 12.4 Å². The second-order valence-corrected chi connectivity index (χ2v) is 4.79. The van der Waals surface area contributed by atoms with E-state index >= 15 is 0 Å². The van der Waals surface area contributed by atoms with Gasteiger partial charge in [0.25, 0.3) is 0 Å². The van der Waals surface area contributed by atoms with E-state index in [1.165, 1.54) is 12.1 Å². The Labute approximate surface area is 128 Å². The summed E-state index contributed by atoms with van der Waals surface area (Å²) in [7, 11) is 1.79. The lowest BCUT2D eigenvalue weighted by Gasteiger charge is -2.08. The van der Waals surface area contributed by atoms with E-state index in [0.29, 0.717) is 12.0 Å². The summed E-state index contributed by atoms with van der Waals surface area (Å²) in [6, 6.07) is 7.21. The molecule has 21 heavy (non-hydrogen) atoms. The molecule has 1 heterocycles. The third-order valence-electron chi connectivity index (χ3n) is 3.19. The van der Waals surface area contributed by atoms with Gasteiger partial charge in [0.05, 0.1) is 12.2 Å². The Morgan fingerprint density at radius 1 is 1.43 bits per heavy atom. The first-order valence-electron chi connectivity index (χ1n) is 6.34. The SMILES string of the molecule is Cl.Cn1cc(C(=O)c2ccccc2F)cc1CC(N)CO. The fraction of sp³-hybridized carbons (Fsp3) is 0.267. The Hall–Kier alpha value is -1.69. The van der Waals surface area contributed by atoms with E-state index in [9.17, 15) is 9.18 Å². The number of nitrogens with zero attached hydrogens (tertiary/aromatic N) is 1. The molecule has 0 spiro atoms. The number of aliphatic hydroxyl groups is 1. The first kappa shape index (κ1) is 17.4. The highest BCUT2D eigenvalue weighted by Gasteiger charge is 2.17. The van der Waals surface area contributed by atoms with Crippen LogP contribution in [0.15, 0.2) is 36.5 Å². The van der Waals surface area contributed by atoms with Gasteiger partial charge in [0.1, 0.15) is 5.82 Å². The predicted molar refractivity (Wildman–Crippen MR) is 81.3 cm³/mol. The molecule has 0 aliphatic rings. The van der Waals surface area contributed by atoms with Gasteiger partial charge in [0.2, 0.25) is 0 Å². The van der Waals surface area contributed by atoms with Crippen LogP contribution in [0, 0.1) is 5.82 Å². The first-order valence-corrected chi connectivity index (χ1v) is 6.34. The van der Waals surface area contributed by atoms with Gasteiger partial charge >= 0.3 is 0 Å². The van der Waals surface area contributed by atoms with Crippen LogP contribution < -0.4 is 5.73 Å². The number of ketones is 1. The lowest BCUT2D eigenvalue weighted by Crippen LogP contribution is -2.27. The molecule has 114 valence electrons. The third-order valence-corrected chi connectivity index (χ3v) is 3.19. The summed E-state index contributed by atoms with van der Waals surface area (Å²) in [5.74, 6) is -0.891. The molecular formula is C15H18ClFN2O2.